The number of ketones is 1. The minimum atomic E-state index is -0.535. The first-order valence-corrected chi connectivity index (χ1v) is 9.72. The Hall–Kier alpha value is -3.25. The number of esters is 1. The molecular weight excluding hydrogens is 374 g/mol. The zero-order valence-electron chi connectivity index (χ0n) is 15.1. The fraction of sp³-hybridized carbons (Fsp3) is 0.136. The second-order valence-electron chi connectivity index (χ2n) is 6.01. The summed E-state index contributed by atoms with van der Waals surface area (Å²) in [5.41, 5.74) is 1.16. The minimum absolute atomic E-state index is 0.0431. The van der Waals surface area contributed by atoms with Gasteiger partial charge in [0.05, 0.1) is 22.7 Å². The van der Waals surface area contributed by atoms with Gasteiger partial charge < -0.3 is 10.1 Å². The second kappa shape index (κ2) is 9.62. The largest absolute Gasteiger partial charge is 0.462 e. The third-order valence-corrected chi connectivity index (χ3v) is 4.92. The topological polar surface area (TPSA) is 72.5 Å². The SMILES string of the molecule is O=C(Nc1ccccc1C(=O)OCCCC(=O)c1cccs1)c1ccccc1. The van der Waals surface area contributed by atoms with E-state index in [1.54, 1.807) is 54.6 Å². The average molecular weight is 393 g/mol. The van der Waals surface area contributed by atoms with Gasteiger partial charge in [0.1, 0.15) is 0 Å². The molecule has 3 aromatic rings. The molecule has 0 saturated carbocycles. The molecule has 0 spiro atoms. The van der Waals surface area contributed by atoms with Crippen LogP contribution in [0.4, 0.5) is 5.69 Å². The van der Waals surface area contributed by atoms with Crippen LogP contribution >= 0.6 is 11.3 Å². The molecule has 3 rings (SSSR count). The van der Waals surface area contributed by atoms with Crippen LogP contribution in [0.25, 0.3) is 0 Å². The van der Waals surface area contributed by atoms with Crippen LogP contribution in [0.15, 0.2) is 72.1 Å². The zero-order valence-corrected chi connectivity index (χ0v) is 15.9. The van der Waals surface area contributed by atoms with Gasteiger partial charge in [-0.05, 0) is 42.1 Å². The number of carbonyl (C=O) groups excluding carboxylic acids is 3. The van der Waals surface area contributed by atoms with E-state index in [-0.39, 0.29) is 23.9 Å². The molecule has 0 radical (unpaired) electrons. The van der Waals surface area contributed by atoms with E-state index in [9.17, 15) is 14.4 Å². The van der Waals surface area contributed by atoms with Crippen molar-refractivity contribution in [2.75, 3.05) is 11.9 Å². The van der Waals surface area contributed by atoms with Gasteiger partial charge in [0.2, 0.25) is 0 Å². The van der Waals surface area contributed by atoms with Crippen LogP contribution in [-0.4, -0.2) is 24.3 Å². The smallest absolute Gasteiger partial charge is 0.340 e. The zero-order chi connectivity index (χ0) is 19.8. The van der Waals surface area contributed by atoms with Gasteiger partial charge in [-0.2, -0.15) is 0 Å². The van der Waals surface area contributed by atoms with Crippen LogP contribution in [0.5, 0.6) is 0 Å². The Labute approximate surface area is 167 Å². The van der Waals surface area contributed by atoms with Gasteiger partial charge in [-0.25, -0.2) is 4.79 Å². The monoisotopic (exact) mass is 393 g/mol. The normalized spacial score (nSPS) is 10.3. The number of rotatable bonds is 8. The Morgan fingerprint density at radius 1 is 0.893 bits per heavy atom. The fourth-order valence-corrected chi connectivity index (χ4v) is 3.28. The van der Waals surface area contributed by atoms with E-state index in [0.717, 1.165) is 0 Å². The molecular formula is C22H19NO4S. The molecule has 1 N–H and O–H groups in total. The molecule has 1 aromatic heterocycles. The lowest BCUT2D eigenvalue weighted by molar-refractivity contribution is 0.0495. The molecule has 0 bridgehead atoms. The predicted molar refractivity (Wildman–Crippen MR) is 109 cm³/mol. The molecule has 0 aliphatic rings. The summed E-state index contributed by atoms with van der Waals surface area (Å²) in [4.78, 5) is 37.4. The Morgan fingerprint density at radius 2 is 1.64 bits per heavy atom. The van der Waals surface area contributed by atoms with Crippen molar-refractivity contribution in [3.05, 3.63) is 88.1 Å². The first-order chi connectivity index (χ1) is 13.6. The van der Waals surface area contributed by atoms with Crippen molar-refractivity contribution in [2.24, 2.45) is 0 Å². The summed E-state index contributed by atoms with van der Waals surface area (Å²) in [5, 5.41) is 4.60. The number of amides is 1. The second-order valence-corrected chi connectivity index (χ2v) is 6.95. The summed E-state index contributed by atoms with van der Waals surface area (Å²) in [6.07, 6.45) is 0.765. The van der Waals surface area contributed by atoms with E-state index in [1.165, 1.54) is 11.3 Å². The quantitative estimate of drug-likeness (QED) is 0.338. The standard InChI is InChI=1S/C22H19NO4S/c24-19(20-13-7-15-28-20)12-6-14-27-22(26)17-10-4-5-11-18(17)23-21(25)16-8-2-1-3-9-16/h1-5,7-11,13,15H,6,12,14H2,(H,23,25). The van der Waals surface area contributed by atoms with Crippen molar-refractivity contribution < 1.29 is 19.1 Å². The number of para-hydroxylation sites is 1. The Kier molecular flexibility index (Phi) is 6.70. The van der Waals surface area contributed by atoms with Gasteiger partial charge >= 0.3 is 5.97 Å². The summed E-state index contributed by atoms with van der Waals surface area (Å²) >= 11 is 1.40. The highest BCUT2D eigenvalue weighted by molar-refractivity contribution is 7.12. The van der Waals surface area contributed by atoms with E-state index in [2.05, 4.69) is 5.32 Å². The molecule has 0 saturated heterocycles. The summed E-state index contributed by atoms with van der Waals surface area (Å²) in [5.74, 6) is -0.795. The van der Waals surface area contributed by atoms with Crippen LogP contribution in [0.2, 0.25) is 0 Å². The molecule has 0 aliphatic heterocycles. The lowest BCUT2D eigenvalue weighted by atomic mass is 10.1. The van der Waals surface area contributed by atoms with Crippen LogP contribution in [-0.2, 0) is 4.74 Å². The number of benzene rings is 2. The average Bonchev–Trinajstić information content (AvgIpc) is 3.27. The summed E-state index contributed by atoms with van der Waals surface area (Å²) in [6, 6.07) is 19.1. The van der Waals surface area contributed by atoms with Crippen LogP contribution in [0, 0.1) is 0 Å². The highest BCUT2D eigenvalue weighted by atomic mass is 32.1. The van der Waals surface area contributed by atoms with E-state index in [0.29, 0.717) is 29.0 Å². The minimum Gasteiger partial charge on any atom is -0.462 e. The third-order valence-electron chi connectivity index (χ3n) is 4.01. The van der Waals surface area contributed by atoms with E-state index < -0.39 is 5.97 Å². The maximum atomic E-state index is 12.4. The van der Waals surface area contributed by atoms with Crippen molar-refractivity contribution in [3.63, 3.8) is 0 Å². The molecule has 0 fully saturated rings. The van der Waals surface area contributed by atoms with E-state index >= 15 is 0 Å². The van der Waals surface area contributed by atoms with Crippen LogP contribution in [0.3, 0.4) is 0 Å². The van der Waals surface area contributed by atoms with E-state index in [4.69, 9.17) is 4.74 Å². The highest BCUT2D eigenvalue weighted by Crippen LogP contribution is 2.18. The lowest BCUT2D eigenvalue weighted by Crippen LogP contribution is -2.16. The summed E-state index contributed by atoms with van der Waals surface area (Å²) < 4.78 is 5.28. The number of thiophene rings is 1. The van der Waals surface area contributed by atoms with Gasteiger partial charge in [0, 0.05) is 12.0 Å². The number of ether oxygens (including phenoxy) is 1. The molecule has 0 atom stereocenters. The molecule has 5 nitrogen and oxygen atoms in total. The molecule has 0 unspecified atom stereocenters. The number of carbonyl (C=O) groups is 3. The number of Topliss-reactive ketones (excluding diaryl/α,β-unsaturated/α-hetero) is 1. The van der Waals surface area contributed by atoms with Crippen molar-refractivity contribution >= 4 is 34.7 Å². The number of hydrogen-bond acceptors (Lipinski definition) is 5. The van der Waals surface area contributed by atoms with Gasteiger partial charge in [-0.1, -0.05) is 36.4 Å². The number of hydrogen-bond donors (Lipinski definition) is 1. The Balaban J connectivity index is 1.55. The maximum Gasteiger partial charge on any atom is 0.340 e. The molecule has 6 heteroatoms. The Bertz CT molecular complexity index is 952. The van der Waals surface area contributed by atoms with Gasteiger partial charge in [-0.15, -0.1) is 11.3 Å². The summed E-state index contributed by atoms with van der Waals surface area (Å²) in [7, 11) is 0. The fourth-order valence-electron chi connectivity index (χ4n) is 2.59. The highest BCUT2D eigenvalue weighted by Gasteiger charge is 2.15. The number of anilines is 1. The first kappa shape index (κ1) is 19.5. The van der Waals surface area contributed by atoms with Crippen molar-refractivity contribution in [1.29, 1.82) is 0 Å². The predicted octanol–water partition coefficient (Wildman–Crippen LogP) is 4.82. The van der Waals surface area contributed by atoms with E-state index in [1.807, 2.05) is 17.5 Å². The third kappa shape index (κ3) is 5.14. The number of nitrogens with one attached hydrogen (secondary N) is 1. The molecule has 1 heterocycles. The first-order valence-electron chi connectivity index (χ1n) is 8.84. The van der Waals surface area contributed by atoms with Gasteiger partial charge in [0.25, 0.3) is 5.91 Å². The van der Waals surface area contributed by atoms with Crippen molar-refractivity contribution in [3.8, 4) is 0 Å². The molecule has 0 aliphatic carbocycles. The van der Waals surface area contributed by atoms with Gasteiger partial charge in [-0.3, -0.25) is 9.59 Å². The van der Waals surface area contributed by atoms with Gasteiger partial charge in [0.15, 0.2) is 5.78 Å². The molecule has 28 heavy (non-hydrogen) atoms. The Morgan fingerprint density at radius 3 is 2.39 bits per heavy atom. The van der Waals surface area contributed by atoms with Crippen molar-refractivity contribution in [1.82, 2.24) is 0 Å². The maximum absolute atomic E-state index is 12.4. The molecule has 2 aromatic carbocycles. The summed E-state index contributed by atoms with van der Waals surface area (Å²) in [6.45, 7) is 0.136. The van der Waals surface area contributed by atoms with Crippen molar-refractivity contribution in [2.45, 2.75) is 12.8 Å². The van der Waals surface area contributed by atoms with Crippen LogP contribution in [0.1, 0.15) is 43.2 Å². The van der Waals surface area contributed by atoms with Crippen LogP contribution < -0.4 is 5.32 Å². The molecule has 142 valence electrons. The lowest BCUT2D eigenvalue weighted by Gasteiger charge is -2.11. The molecule has 1 amide bonds.